The molecule has 358 valence electrons. The van der Waals surface area contributed by atoms with Crippen molar-refractivity contribution in [2.45, 2.75) is 264 Å². The van der Waals surface area contributed by atoms with Gasteiger partial charge in [0.25, 0.3) is 0 Å². The van der Waals surface area contributed by atoms with E-state index in [9.17, 15) is 14.4 Å². The molecule has 6 nitrogen and oxygen atoms in total. The van der Waals surface area contributed by atoms with Gasteiger partial charge in [0.2, 0.25) is 0 Å². The van der Waals surface area contributed by atoms with Gasteiger partial charge in [-0.25, -0.2) is 0 Å². The molecule has 0 aliphatic carbocycles. The van der Waals surface area contributed by atoms with E-state index in [0.717, 1.165) is 96.3 Å². The zero-order valence-electron chi connectivity index (χ0n) is 40.9. The first kappa shape index (κ1) is 59.1. The van der Waals surface area contributed by atoms with Crippen molar-refractivity contribution in [2.24, 2.45) is 0 Å². The minimum Gasteiger partial charge on any atom is -0.462 e. The molecule has 6 heteroatoms. The first-order chi connectivity index (χ1) is 30.5. The zero-order valence-corrected chi connectivity index (χ0v) is 40.9. The molecule has 0 aromatic carbocycles. The van der Waals surface area contributed by atoms with Crippen molar-refractivity contribution in [3.63, 3.8) is 0 Å². The number of allylic oxidation sites excluding steroid dienone is 10. The minimum atomic E-state index is -0.790. The summed E-state index contributed by atoms with van der Waals surface area (Å²) in [6, 6.07) is 0. The van der Waals surface area contributed by atoms with Gasteiger partial charge in [0.05, 0.1) is 0 Å². The van der Waals surface area contributed by atoms with Gasteiger partial charge in [-0.1, -0.05) is 236 Å². The normalized spacial score (nSPS) is 12.5. The van der Waals surface area contributed by atoms with Crippen molar-refractivity contribution in [1.82, 2.24) is 0 Å². The van der Waals surface area contributed by atoms with E-state index in [4.69, 9.17) is 14.2 Å². The minimum absolute atomic E-state index is 0.0917. The molecule has 0 N–H and O–H groups in total. The van der Waals surface area contributed by atoms with Crippen molar-refractivity contribution in [2.75, 3.05) is 13.2 Å². The van der Waals surface area contributed by atoms with Crippen molar-refractivity contribution in [3.05, 3.63) is 60.8 Å². The summed E-state index contributed by atoms with van der Waals surface area (Å²) in [5.41, 5.74) is 0. The van der Waals surface area contributed by atoms with Gasteiger partial charge in [-0.2, -0.15) is 0 Å². The van der Waals surface area contributed by atoms with Crippen molar-refractivity contribution in [1.29, 1.82) is 0 Å². The molecule has 0 saturated heterocycles. The van der Waals surface area contributed by atoms with Crippen LogP contribution in [0.2, 0.25) is 0 Å². The molecule has 0 aliphatic heterocycles. The summed E-state index contributed by atoms with van der Waals surface area (Å²) >= 11 is 0. The van der Waals surface area contributed by atoms with Crippen LogP contribution in [0.4, 0.5) is 0 Å². The van der Waals surface area contributed by atoms with Crippen molar-refractivity contribution < 1.29 is 28.6 Å². The highest BCUT2D eigenvalue weighted by molar-refractivity contribution is 5.71. The number of ether oxygens (including phenoxy) is 3. The Morgan fingerprint density at radius 3 is 1.00 bits per heavy atom. The van der Waals surface area contributed by atoms with Crippen molar-refractivity contribution >= 4 is 17.9 Å². The van der Waals surface area contributed by atoms with Crippen LogP contribution in [-0.2, 0) is 28.6 Å². The molecular formula is C56H98O6. The summed E-state index contributed by atoms with van der Waals surface area (Å²) < 4.78 is 16.8. The van der Waals surface area contributed by atoms with Gasteiger partial charge in [0, 0.05) is 19.3 Å². The van der Waals surface area contributed by atoms with Crippen LogP contribution >= 0.6 is 0 Å². The highest BCUT2D eigenvalue weighted by Crippen LogP contribution is 2.15. The molecule has 0 saturated carbocycles. The van der Waals surface area contributed by atoms with Gasteiger partial charge < -0.3 is 14.2 Å². The first-order valence-electron chi connectivity index (χ1n) is 26.3. The predicted molar refractivity (Wildman–Crippen MR) is 265 cm³/mol. The fourth-order valence-electron chi connectivity index (χ4n) is 7.37. The lowest BCUT2D eigenvalue weighted by Crippen LogP contribution is -2.30. The van der Waals surface area contributed by atoms with E-state index >= 15 is 0 Å². The summed E-state index contributed by atoms with van der Waals surface area (Å²) in [5.74, 6) is -0.930. The second-order valence-electron chi connectivity index (χ2n) is 17.5. The Kier molecular flexibility index (Phi) is 48.4. The molecule has 0 aromatic rings. The van der Waals surface area contributed by atoms with Gasteiger partial charge in [0.1, 0.15) is 13.2 Å². The lowest BCUT2D eigenvalue weighted by molar-refractivity contribution is -0.167. The molecular weight excluding hydrogens is 769 g/mol. The summed E-state index contributed by atoms with van der Waals surface area (Å²) in [6.07, 6.45) is 62.0. The molecule has 0 aromatic heterocycles. The van der Waals surface area contributed by atoms with E-state index < -0.39 is 6.10 Å². The highest BCUT2D eigenvalue weighted by atomic mass is 16.6. The monoisotopic (exact) mass is 867 g/mol. The van der Waals surface area contributed by atoms with Gasteiger partial charge in [0.15, 0.2) is 6.10 Å². The molecule has 0 fully saturated rings. The molecule has 62 heavy (non-hydrogen) atoms. The summed E-state index contributed by atoms with van der Waals surface area (Å²) in [7, 11) is 0. The molecule has 0 rings (SSSR count). The molecule has 0 radical (unpaired) electrons. The molecule has 0 bridgehead atoms. The van der Waals surface area contributed by atoms with Crippen LogP contribution in [0.25, 0.3) is 0 Å². The van der Waals surface area contributed by atoms with Crippen LogP contribution in [-0.4, -0.2) is 37.2 Å². The fraction of sp³-hybridized carbons (Fsp3) is 0.768. The quantitative estimate of drug-likeness (QED) is 0.0262. The summed E-state index contributed by atoms with van der Waals surface area (Å²) in [5, 5.41) is 0. The number of esters is 3. The lowest BCUT2D eigenvalue weighted by Gasteiger charge is -2.18. The van der Waals surface area contributed by atoms with Gasteiger partial charge >= 0.3 is 17.9 Å². The topological polar surface area (TPSA) is 78.9 Å². The number of hydrogen-bond donors (Lipinski definition) is 0. The fourth-order valence-corrected chi connectivity index (χ4v) is 7.37. The number of hydrogen-bond acceptors (Lipinski definition) is 6. The number of carbonyl (C=O) groups excluding carboxylic acids is 3. The Balaban J connectivity index is 4.43. The number of rotatable bonds is 47. The van der Waals surface area contributed by atoms with Crippen molar-refractivity contribution in [3.8, 4) is 0 Å². The van der Waals surface area contributed by atoms with E-state index in [-0.39, 0.29) is 31.1 Å². The predicted octanol–water partition coefficient (Wildman–Crippen LogP) is 17.3. The van der Waals surface area contributed by atoms with Gasteiger partial charge in [-0.3, -0.25) is 14.4 Å². The Bertz CT molecular complexity index is 1130. The summed E-state index contributed by atoms with van der Waals surface area (Å²) in [6.45, 7) is 6.47. The average Bonchev–Trinajstić information content (AvgIpc) is 3.27. The van der Waals surface area contributed by atoms with Crippen LogP contribution in [0, 0.1) is 0 Å². The number of carbonyl (C=O) groups is 3. The molecule has 0 heterocycles. The third kappa shape index (κ3) is 48.1. The van der Waals surface area contributed by atoms with E-state index in [1.165, 1.54) is 122 Å². The zero-order chi connectivity index (χ0) is 45.1. The second-order valence-corrected chi connectivity index (χ2v) is 17.5. The SMILES string of the molecule is CC/C=C/C=C/C=C/CCCCCCCC(=O)OCC(COC(=O)CCCCC/C=C/C=C/CCCCCCCCC)OC(=O)CCCCCCCCCCCCCCCCC. The Labute approximate surface area is 383 Å². The highest BCUT2D eigenvalue weighted by Gasteiger charge is 2.19. The summed E-state index contributed by atoms with van der Waals surface area (Å²) in [4.78, 5) is 38.0. The van der Waals surface area contributed by atoms with E-state index in [1.807, 2.05) is 0 Å². The molecule has 0 spiro atoms. The third-order valence-corrected chi connectivity index (χ3v) is 11.3. The smallest absolute Gasteiger partial charge is 0.306 e. The second kappa shape index (κ2) is 50.8. The van der Waals surface area contributed by atoms with E-state index in [2.05, 4.69) is 81.5 Å². The lowest BCUT2D eigenvalue weighted by atomic mass is 10.0. The Morgan fingerprint density at radius 1 is 0.339 bits per heavy atom. The largest absolute Gasteiger partial charge is 0.462 e. The maximum absolute atomic E-state index is 12.8. The Hall–Kier alpha value is -2.89. The van der Waals surface area contributed by atoms with E-state index in [0.29, 0.717) is 19.3 Å². The maximum atomic E-state index is 12.8. The van der Waals surface area contributed by atoms with Crippen LogP contribution < -0.4 is 0 Å². The molecule has 0 aliphatic rings. The van der Waals surface area contributed by atoms with Crippen LogP contribution in [0.1, 0.15) is 258 Å². The molecule has 1 atom stereocenters. The molecule has 1 unspecified atom stereocenters. The standard InChI is InChI=1S/C56H98O6/c1-4-7-10-13-16-19-22-25-27-29-31-34-37-40-43-46-49-55(58)61-52-53(51-60-54(57)48-45-42-39-36-33-30-24-21-18-15-12-9-6-3)62-56(59)50-47-44-41-38-35-32-28-26-23-20-17-14-11-8-5-2/h9,12,15,18,21,24,27,29,31,34,53H,4-8,10-11,13-14,16-17,19-20,22-23,25-26,28,30,32-33,35-52H2,1-3H3/b12-9+,18-15+,24-21+,29-27+,34-31+. The van der Waals surface area contributed by atoms with Gasteiger partial charge in [-0.15, -0.1) is 0 Å². The van der Waals surface area contributed by atoms with E-state index in [1.54, 1.807) is 0 Å². The maximum Gasteiger partial charge on any atom is 0.306 e. The van der Waals surface area contributed by atoms with Crippen LogP contribution in [0.3, 0.4) is 0 Å². The number of unbranched alkanes of at least 4 members (excludes halogenated alkanes) is 29. The van der Waals surface area contributed by atoms with Crippen LogP contribution in [0.5, 0.6) is 0 Å². The van der Waals surface area contributed by atoms with Gasteiger partial charge in [-0.05, 0) is 64.2 Å². The Morgan fingerprint density at radius 2 is 0.629 bits per heavy atom. The first-order valence-corrected chi connectivity index (χ1v) is 26.3. The third-order valence-electron chi connectivity index (χ3n) is 11.3. The molecule has 0 amide bonds. The van der Waals surface area contributed by atoms with Crippen LogP contribution in [0.15, 0.2) is 60.8 Å². The average molecular weight is 867 g/mol.